The van der Waals surface area contributed by atoms with E-state index in [1.54, 1.807) is 19.2 Å². The number of anilines is 1. The van der Waals surface area contributed by atoms with Crippen molar-refractivity contribution in [1.29, 1.82) is 0 Å². The number of benzene rings is 3. The van der Waals surface area contributed by atoms with Crippen LogP contribution >= 0.6 is 11.6 Å². The van der Waals surface area contributed by atoms with Gasteiger partial charge >= 0.3 is 0 Å². The molecule has 2 N–H and O–H groups in total. The lowest BCUT2D eigenvalue weighted by Gasteiger charge is -2.21. The van der Waals surface area contributed by atoms with Crippen LogP contribution in [-0.2, 0) is 10.0 Å². The van der Waals surface area contributed by atoms with Crippen molar-refractivity contribution >= 4 is 27.3 Å². The van der Waals surface area contributed by atoms with Gasteiger partial charge in [0.2, 0.25) is 10.0 Å². The van der Waals surface area contributed by atoms with Crippen LogP contribution in [0, 0.1) is 0 Å². The van der Waals surface area contributed by atoms with Crippen LogP contribution in [0.15, 0.2) is 83.8 Å². The Bertz CT molecular complexity index is 992. The number of halogens is 1. The zero-order chi connectivity index (χ0) is 20.0. The Morgan fingerprint density at radius 2 is 1.57 bits per heavy atom. The summed E-state index contributed by atoms with van der Waals surface area (Å²) in [4.78, 5) is 0.174. The molecule has 0 bridgehead atoms. The first-order chi connectivity index (χ1) is 13.5. The number of hydrogen-bond acceptors (Lipinski definition) is 4. The van der Waals surface area contributed by atoms with Gasteiger partial charge in [0.25, 0.3) is 0 Å². The summed E-state index contributed by atoms with van der Waals surface area (Å²) < 4.78 is 33.1. The van der Waals surface area contributed by atoms with E-state index in [4.69, 9.17) is 16.3 Å². The lowest BCUT2D eigenvalue weighted by molar-refractivity contribution is 0.415. The van der Waals surface area contributed by atoms with Gasteiger partial charge in [-0.2, -0.15) is 0 Å². The second-order valence-corrected chi connectivity index (χ2v) is 8.35. The van der Waals surface area contributed by atoms with Crippen LogP contribution in [0.25, 0.3) is 0 Å². The fraction of sp³-hybridized carbons (Fsp3) is 0.143. The number of rotatable bonds is 8. The molecular weight excluding hydrogens is 396 g/mol. The third-order valence-electron chi connectivity index (χ3n) is 4.23. The summed E-state index contributed by atoms with van der Waals surface area (Å²) in [7, 11) is -2.04. The maximum atomic E-state index is 12.6. The molecule has 1 atom stereocenters. The highest BCUT2D eigenvalue weighted by Crippen LogP contribution is 2.22. The highest BCUT2D eigenvalue weighted by Gasteiger charge is 2.18. The first-order valence-corrected chi connectivity index (χ1v) is 10.5. The van der Waals surface area contributed by atoms with E-state index in [0.29, 0.717) is 5.02 Å². The molecular formula is C21H21ClN2O3S. The molecule has 1 unspecified atom stereocenters. The van der Waals surface area contributed by atoms with Gasteiger partial charge < -0.3 is 10.1 Å². The number of methoxy groups -OCH3 is 1. The van der Waals surface area contributed by atoms with E-state index in [2.05, 4.69) is 10.0 Å². The number of hydrogen-bond donors (Lipinski definition) is 2. The zero-order valence-electron chi connectivity index (χ0n) is 15.3. The largest absolute Gasteiger partial charge is 0.497 e. The fourth-order valence-corrected chi connectivity index (χ4v) is 3.89. The molecule has 0 saturated heterocycles. The van der Waals surface area contributed by atoms with Gasteiger partial charge in [-0.3, -0.25) is 0 Å². The number of sulfonamides is 1. The van der Waals surface area contributed by atoms with Gasteiger partial charge in [-0.1, -0.05) is 41.9 Å². The molecule has 3 rings (SSSR count). The van der Waals surface area contributed by atoms with Crippen LogP contribution in [0.1, 0.15) is 11.6 Å². The summed E-state index contributed by atoms with van der Waals surface area (Å²) in [5, 5.41) is 3.86. The minimum Gasteiger partial charge on any atom is -0.497 e. The Morgan fingerprint density at radius 3 is 2.18 bits per heavy atom. The van der Waals surface area contributed by atoms with Crippen molar-refractivity contribution in [3.8, 4) is 5.75 Å². The Hall–Kier alpha value is -2.54. The van der Waals surface area contributed by atoms with Crippen molar-refractivity contribution in [3.05, 3.63) is 89.4 Å². The molecule has 0 spiro atoms. The van der Waals surface area contributed by atoms with Crippen molar-refractivity contribution in [2.45, 2.75) is 10.9 Å². The predicted octanol–water partition coefficient (Wildman–Crippen LogP) is 4.48. The summed E-state index contributed by atoms with van der Waals surface area (Å²) in [5.41, 5.74) is 1.83. The SMILES string of the molecule is COc1ccc(NC(CNS(=O)(=O)c2ccc(Cl)cc2)c2ccccc2)cc1. The molecule has 0 aliphatic heterocycles. The maximum absolute atomic E-state index is 12.6. The molecule has 0 radical (unpaired) electrons. The molecule has 0 fully saturated rings. The summed E-state index contributed by atoms with van der Waals surface area (Å²) in [6.07, 6.45) is 0. The first-order valence-electron chi connectivity index (χ1n) is 8.69. The normalized spacial score (nSPS) is 12.4. The Labute approximate surface area is 170 Å². The maximum Gasteiger partial charge on any atom is 0.240 e. The van der Waals surface area contributed by atoms with Gasteiger partial charge in [0.1, 0.15) is 5.75 Å². The third-order valence-corrected chi connectivity index (χ3v) is 5.93. The summed E-state index contributed by atoms with van der Waals surface area (Å²) in [6.45, 7) is 0.182. The van der Waals surface area contributed by atoms with Crippen LogP contribution in [0.2, 0.25) is 5.02 Å². The second-order valence-electron chi connectivity index (χ2n) is 6.14. The van der Waals surface area contributed by atoms with Crippen molar-refractivity contribution < 1.29 is 13.2 Å². The van der Waals surface area contributed by atoms with Crippen molar-refractivity contribution in [2.24, 2.45) is 0 Å². The van der Waals surface area contributed by atoms with Gasteiger partial charge in [-0.15, -0.1) is 0 Å². The third kappa shape index (κ3) is 5.25. The molecule has 28 heavy (non-hydrogen) atoms. The smallest absolute Gasteiger partial charge is 0.240 e. The second kappa shape index (κ2) is 9.10. The average Bonchev–Trinajstić information content (AvgIpc) is 2.72. The quantitative estimate of drug-likeness (QED) is 0.568. The van der Waals surface area contributed by atoms with E-state index in [9.17, 15) is 8.42 Å². The lowest BCUT2D eigenvalue weighted by Crippen LogP contribution is -2.31. The van der Waals surface area contributed by atoms with E-state index < -0.39 is 10.0 Å². The number of nitrogens with one attached hydrogen (secondary N) is 2. The molecule has 0 aromatic heterocycles. The Morgan fingerprint density at radius 1 is 0.929 bits per heavy atom. The molecule has 0 aliphatic rings. The van der Waals surface area contributed by atoms with Gasteiger partial charge in [-0.25, -0.2) is 13.1 Å². The van der Waals surface area contributed by atoms with Gasteiger partial charge in [0.05, 0.1) is 18.0 Å². The van der Waals surface area contributed by atoms with Gasteiger partial charge in [-0.05, 0) is 54.1 Å². The van der Waals surface area contributed by atoms with Gasteiger partial charge in [0, 0.05) is 17.3 Å². The molecule has 0 amide bonds. The minimum absolute atomic E-state index is 0.174. The van der Waals surface area contributed by atoms with Crippen LogP contribution < -0.4 is 14.8 Å². The lowest BCUT2D eigenvalue weighted by atomic mass is 10.1. The van der Waals surface area contributed by atoms with Crippen LogP contribution in [0.4, 0.5) is 5.69 Å². The van der Waals surface area contributed by atoms with E-state index in [1.807, 2.05) is 54.6 Å². The highest BCUT2D eigenvalue weighted by atomic mass is 35.5. The van der Waals surface area contributed by atoms with Crippen LogP contribution in [0.3, 0.4) is 0 Å². The average molecular weight is 417 g/mol. The van der Waals surface area contributed by atoms with E-state index in [-0.39, 0.29) is 17.5 Å². The molecule has 0 saturated carbocycles. The van der Waals surface area contributed by atoms with Crippen molar-refractivity contribution in [2.75, 3.05) is 19.0 Å². The molecule has 3 aromatic carbocycles. The summed E-state index contributed by atoms with van der Waals surface area (Å²) in [5.74, 6) is 0.755. The first kappa shape index (κ1) is 20.2. The van der Waals surface area contributed by atoms with E-state index >= 15 is 0 Å². The topological polar surface area (TPSA) is 67.4 Å². The van der Waals surface area contributed by atoms with E-state index in [1.165, 1.54) is 12.1 Å². The zero-order valence-corrected chi connectivity index (χ0v) is 16.9. The minimum atomic E-state index is -3.65. The molecule has 0 aliphatic carbocycles. The Balaban J connectivity index is 1.78. The molecule has 0 heterocycles. The fourth-order valence-electron chi connectivity index (χ4n) is 2.72. The highest BCUT2D eigenvalue weighted by molar-refractivity contribution is 7.89. The predicted molar refractivity (Wildman–Crippen MR) is 112 cm³/mol. The monoisotopic (exact) mass is 416 g/mol. The molecule has 3 aromatic rings. The molecule has 5 nitrogen and oxygen atoms in total. The molecule has 146 valence electrons. The van der Waals surface area contributed by atoms with E-state index in [0.717, 1.165) is 17.0 Å². The Kier molecular flexibility index (Phi) is 6.57. The van der Waals surface area contributed by atoms with Crippen LogP contribution in [0.5, 0.6) is 5.75 Å². The van der Waals surface area contributed by atoms with Gasteiger partial charge in [0.15, 0.2) is 0 Å². The van der Waals surface area contributed by atoms with Crippen molar-refractivity contribution in [3.63, 3.8) is 0 Å². The van der Waals surface area contributed by atoms with Crippen LogP contribution in [-0.4, -0.2) is 22.1 Å². The number of ether oxygens (including phenoxy) is 1. The molecule has 7 heteroatoms. The standard InChI is InChI=1S/C21H21ClN2O3S/c1-27-19-11-9-18(10-12-19)24-21(16-5-3-2-4-6-16)15-23-28(25,26)20-13-7-17(22)8-14-20/h2-14,21,23-24H,15H2,1H3. The van der Waals surface area contributed by atoms with Crippen molar-refractivity contribution in [1.82, 2.24) is 4.72 Å². The summed E-state index contributed by atoms with van der Waals surface area (Å²) in [6, 6.07) is 23.0. The summed E-state index contributed by atoms with van der Waals surface area (Å²) >= 11 is 5.85.